The molecule has 5 heteroatoms. The Morgan fingerprint density at radius 3 is 2.42 bits per heavy atom. The van der Waals surface area contributed by atoms with Crippen LogP contribution in [0.2, 0.25) is 0 Å². The van der Waals surface area contributed by atoms with Gasteiger partial charge in [0.1, 0.15) is 12.4 Å². The predicted octanol–water partition coefficient (Wildman–Crippen LogP) is 2.92. The van der Waals surface area contributed by atoms with Crippen molar-refractivity contribution in [1.29, 1.82) is 0 Å². The summed E-state index contributed by atoms with van der Waals surface area (Å²) in [5.74, 6) is 0.600. The Kier molecular flexibility index (Phi) is 5.06. The minimum absolute atomic E-state index is 0.0380. The van der Waals surface area contributed by atoms with Crippen molar-refractivity contribution in [3.05, 3.63) is 46.5 Å². The van der Waals surface area contributed by atoms with E-state index in [1.165, 1.54) is 12.1 Å². The van der Waals surface area contributed by atoms with Crippen molar-refractivity contribution in [3.8, 4) is 5.75 Å². The molecule has 1 rings (SSSR count). The number of hydrogen-bond acceptors (Lipinski definition) is 4. The van der Waals surface area contributed by atoms with Gasteiger partial charge in [-0.15, -0.1) is 0 Å². The van der Waals surface area contributed by atoms with E-state index in [2.05, 4.69) is 32.7 Å². The maximum absolute atomic E-state index is 10.5. The number of ether oxygens (including phenoxy) is 1. The van der Waals surface area contributed by atoms with Gasteiger partial charge < -0.3 is 10.1 Å². The Bertz CT molecular complexity index is 447. The normalized spacial score (nSPS) is 11.1. The fraction of sp³-hybridized carbons (Fsp3) is 0.429. The monoisotopic (exact) mass is 264 g/mol. The quantitative estimate of drug-likeness (QED) is 0.487. The van der Waals surface area contributed by atoms with Crippen molar-refractivity contribution in [2.75, 3.05) is 13.2 Å². The highest BCUT2D eigenvalue weighted by Crippen LogP contribution is 2.17. The second kappa shape index (κ2) is 6.33. The van der Waals surface area contributed by atoms with E-state index in [-0.39, 0.29) is 11.2 Å². The van der Waals surface area contributed by atoms with Crippen molar-refractivity contribution in [1.82, 2.24) is 5.32 Å². The van der Waals surface area contributed by atoms with E-state index in [4.69, 9.17) is 4.74 Å². The average Bonchev–Trinajstić information content (AvgIpc) is 2.33. The van der Waals surface area contributed by atoms with Crippen molar-refractivity contribution in [2.45, 2.75) is 26.3 Å². The first kappa shape index (κ1) is 15.2. The fourth-order valence-electron chi connectivity index (χ4n) is 1.29. The first-order valence-corrected chi connectivity index (χ1v) is 6.07. The van der Waals surface area contributed by atoms with E-state index >= 15 is 0 Å². The molecule has 1 aromatic rings. The highest BCUT2D eigenvalue weighted by molar-refractivity contribution is 5.36. The molecule has 0 amide bonds. The smallest absolute Gasteiger partial charge is 0.269 e. The van der Waals surface area contributed by atoms with Gasteiger partial charge in [-0.1, -0.05) is 6.58 Å². The highest BCUT2D eigenvalue weighted by atomic mass is 16.6. The molecule has 0 radical (unpaired) electrons. The zero-order valence-electron chi connectivity index (χ0n) is 11.6. The maximum atomic E-state index is 10.5. The first-order chi connectivity index (χ1) is 8.78. The highest BCUT2D eigenvalue weighted by Gasteiger charge is 2.09. The lowest BCUT2D eigenvalue weighted by atomic mass is 10.1. The van der Waals surface area contributed by atoms with Crippen molar-refractivity contribution < 1.29 is 9.66 Å². The molecule has 0 aromatic heterocycles. The van der Waals surface area contributed by atoms with Gasteiger partial charge in [-0.25, -0.2) is 0 Å². The Morgan fingerprint density at radius 2 is 1.95 bits per heavy atom. The van der Waals surface area contributed by atoms with Crippen molar-refractivity contribution in [2.24, 2.45) is 0 Å². The predicted molar refractivity (Wildman–Crippen MR) is 75.5 cm³/mol. The summed E-state index contributed by atoms with van der Waals surface area (Å²) < 4.78 is 5.51. The summed E-state index contributed by atoms with van der Waals surface area (Å²) in [6.07, 6.45) is 0. The summed E-state index contributed by atoms with van der Waals surface area (Å²) in [5, 5.41) is 13.8. The van der Waals surface area contributed by atoms with E-state index in [1.807, 2.05) is 0 Å². The largest absolute Gasteiger partial charge is 0.489 e. The van der Waals surface area contributed by atoms with Gasteiger partial charge in [0.2, 0.25) is 0 Å². The number of rotatable bonds is 6. The number of nitrogens with one attached hydrogen (secondary N) is 1. The molecule has 0 aliphatic carbocycles. The van der Waals surface area contributed by atoms with Gasteiger partial charge in [-0.05, 0) is 38.5 Å². The molecule has 5 nitrogen and oxygen atoms in total. The van der Waals surface area contributed by atoms with Crippen LogP contribution in [0.3, 0.4) is 0 Å². The molecule has 0 bridgehead atoms. The molecule has 0 spiro atoms. The van der Waals surface area contributed by atoms with Crippen LogP contribution in [-0.4, -0.2) is 23.6 Å². The average molecular weight is 264 g/mol. The Morgan fingerprint density at radius 1 is 1.37 bits per heavy atom. The molecule has 0 saturated carbocycles. The second-order valence-corrected chi connectivity index (χ2v) is 5.39. The summed E-state index contributed by atoms with van der Waals surface area (Å²) in [4.78, 5) is 10.1. The maximum Gasteiger partial charge on any atom is 0.269 e. The molecule has 0 unspecified atom stereocenters. The van der Waals surface area contributed by atoms with E-state index in [0.29, 0.717) is 18.9 Å². The number of hydrogen-bond donors (Lipinski definition) is 1. The third-order valence-electron chi connectivity index (χ3n) is 2.36. The van der Waals surface area contributed by atoms with Crippen molar-refractivity contribution >= 4 is 5.69 Å². The van der Waals surface area contributed by atoms with Gasteiger partial charge in [0.25, 0.3) is 5.69 Å². The summed E-state index contributed by atoms with van der Waals surface area (Å²) in [6, 6.07) is 6.02. The minimum Gasteiger partial charge on any atom is -0.489 e. The molecule has 0 aliphatic heterocycles. The number of nitrogens with zero attached hydrogens (tertiary/aromatic N) is 1. The zero-order chi connectivity index (χ0) is 14.5. The lowest BCUT2D eigenvalue weighted by Gasteiger charge is -2.21. The molecule has 0 aliphatic rings. The first-order valence-electron chi connectivity index (χ1n) is 6.07. The lowest BCUT2D eigenvalue weighted by Crippen LogP contribution is -2.37. The number of benzene rings is 1. The summed E-state index contributed by atoms with van der Waals surface area (Å²) in [6.45, 7) is 11.2. The molecule has 0 heterocycles. The third-order valence-corrected chi connectivity index (χ3v) is 2.36. The van der Waals surface area contributed by atoms with Gasteiger partial charge in [0.15, 0.2) is 0 Å². The number of nitro benzene ring substituents is 1. The number of non-ortho nitro benzene ring substituents is 1. The fourth-order valence-corrected chi connectivity index (χ4v) is 1.29. The van der Waals surface area contributed by atoms with Gasteiger partial charge in [-0.2, -0.15) is 0 Å². The van der Waals surface area contributed by atoms with Crippen LogP contribution in [0.5, 0.6) is 5.75 Å². The SMILES string of the molecule is C=C(CNC(C)(C)C)COc1ccc([N+](=O)[O-])cc1. The van der Waals surface area contributed by atoms with Crippen molar-refractivity contribution in [3.63, 3.8) is 0 Å². The van der Waals surface area contributed by atoms with Crippen LogP contribution < -0.4 is 10.1 Å². The van der Waals surface area contributed by atoms with Gasteiger partial charge in [0, 0.05) is 24.2 Å². The Labute approximate surface area is 113 Å². The Balaban J connectivity index is 2.40. The van der Waals surface area contributed by atoms with Crippen LogP contribution in [0.15, 0.2) is 36.4 Å². The lowest BCUT2D eigenvalue weighted by molar-refractivity contribution is -0.384. The Hall–Kier alpha value is -1.88. The topological polar surface area (TPSA) is 64.4 Å². The minimum atomic E-state index is -0.435. The van der Waals surface area contributed by atoms with Crippen LogP contribution >= 0.6 is 0 Å². The van der Waals surface area contributed by atoms with E-state index < -0.39 is 4.92 Å². The van der Waals surface area contributed by atoms with E-state index in [0.717, 1.165) is 5.57 Å². The zero-order valence-corrected chi connectivity index (χ0v) is 11.6. The van der Waals surface area contributed by atoms with Gasteiger partial charge in [0.05, 0.1) is 4.92 Å². The summed E-state index contributed by atoms with van der Waals surface area (Å²) in [7, 11) is 0. The van der Waals surface area contributed by atoms with E-state index in [1.54, 1.807) is 12.1 Å². The van der Waals surface area contributed by atoms with Gasteiger partial charge >= 0.3 is 0 Å². The molecule has 0 fully saturated rings. The molecular weight excluding hydrogens is 244 g/mol. The van der Waals surface area contributed by atoms with Crippen LogP contribution in [0, 0.1) is 10.1 Å². The molecule has 0 saturated heterocycles. The van der Waals surface area contributed by atoms with Crippen LogP contribution in [0.25, 0.3) is 0 Å². The van der Waals surface area contributed by atoms with Crippen LogP contribution in [-0.2, 0) is 0 Å². The van der Waals surface area contributed by atoms with Crippen LogP contribution in [0.4, 0.5) is 5.69 Å². The molecule has 104 valence electrons. The third kappa shape index (κ3) is 6.01. The molecular formula is C14H20N2O3. The standard InChI is InChI=1S/C14H20N2O3/c1-11(9-15-14(2,3)4)10-19-13-7-5-12(6-8-13)16(17)18/h5-8,15H,1,9-10H2,2-4H3. The van der Waals surface area contributed by atoms with Crippen LogP contribution in [0.1, 0.15) is 20.8 Å². The molecule has 1 N–H and O–H groups in total. The molecule has 0 atom stereocenters. The summed E-state index contributed by atoms with van der Waals surface area (Å²) >= 11 is 0. The molecule has 19 heavy (non-hydrogen) atoms. The van der Waals surface area contributed by atoms with Gasteiger partial charge in [-0.3, -0.25) is 10.1 Å². The summed E-state index contributed by atoms with van der Waals surface area (Å²) in [5.41, 5.74) is 1.02. The second-order valence-electron chi connectivity index (χ2n) is 5.39. The number of nitro groups is 1. The van der Waals surface area contributed by atoms with E-state index in [9.17, 15) is 10.1 Å². The molecule has 1 aromatic carbocycles.